The number of hydrogen-bond donors (Lipinski definition) is 4. The quantitative estimate of drug-likeness (QED) is 0.132. The Labute approximate surface area is 470 Å². The van der Waals surface area contributed by atoms with E-state index in [9.17, 15) is 20.4 Å². The van der Waals surface area contributed by atoms with Crippen LogP contribution in [0.3, 0.4) is 0 Å². The predicted molar refractivity (Wildman–Crippen MR) is 326 cm³/mol. The first-order valence-corrected chi connectivity index (χ1v) is 29.0. The topological polar surface area (TPSA) is 99.4 Å². The fourth-order valence-electron chi connectivity index (χ4n) is 10.8. The van der Waals surface area contributed by atoms with Gasteiger partial charge < -0.3 is 29.9 Å². The van der Waals surface area contributed by atoms with Crippen molar-refractivity contribution in [1.82, 2.24) is 0 Å². The second-order valence-electron chi connectivity index (χ2n) is 29.1. The van der Waals surface area contributed by atoms with Gasteiger partial charge in [0, 0.05) is 38.5 Å². The summed E-state index contributed by atoms with van der Waals surface area (Å²) >= 11 is 0. The Kier molecular flexibility index (Phi) is 16.8. The van der Waals surface area contributed by atoms with Gasteiger partial charge in [-0.2, -0.15) is 0 Å². The lowest BCUT2D eigenvalue weighted by Gasteiger charge is -2.28. The lowest BCUT2D eigenvalue weighted by molar-refractivity contribution is 0.311. The fourth-order valence-corrected chi connectivity index (χ4v) is 10.8. The number of aromatic hydroxyl groups is 4. The molecule has 0 spiro atoms. The Balaban J connectivity index is 1.63. The smallest absolute Gasteiger partial charge is 0.126 e. The van der Waals surface area contributed by atoms with Crippen molar-refractivity contribution >= 4 is 0 Å². The highest BCUT2D eigenvalue weighted by molar-refractivity contribution is 5.61. The first-order valence-electron chi connectivity index (χ1n) is 29.0. The summed E-state index contributed by atoms with van der Waals surface area (Å²) in [5.74, 6) is 2.38. The minimum atomic E-state index is -0.260. The van der Waals surface area contributed by atoms with Crippen molar-refractivity contribution in [3.05, 3.63) is 173 Å². The average molecular weight is 1060 g/mol. The zero-order valence-corrected chi connectivity index (χ0v) is 51.6. The van der Waals surface area contributed by atoms with E-state index in [1.807, 2.05) is 0 Å². The molecule has 0 unspecified atom stereocenters. The van der Waals surface area contributed by atoms with Crippen molar-refractivity contribution in [1.29, 1.82) is 0 Å². The van der Waals surface area contributed by atoms with E-state index in [1.54, 1.807) is 0 Å². The third-order valence-electron chi connectivity index (χ3n) is 15.9. The molecule has 0 fully saturated rings. The Hall–Kier alpha value is -5.88. The maximum absolute atomic E-state index is 12.8. The van der Waals surface area contributed by atoms with E-state index >= 15 is 0 Å². The second-order valence-corrected chi connectivity index (χ2v) is 29.1. The van der Waals surface area contributed by atoms with Crippen LogP contribution in [0.1, 0.15) is 251 Å². The summed E-state index contributed by atoms with van der Waals surface area (Å²) in [5.41, 5.74) is 15.1. The first-order chi connectivity index (χ1) is 36.0. The summed E-state index contributed by atoms with van der Waals surface area (Å²) in [6, 6.07) is 26.2. The van der Waals surface area contributed by atoms with Crippen LogP contribution in [0, 0.1) is 0 Å². The molecule has 1 aliphatic carbocycles. The normalized spacial score (nSPS) is 14.0. The average Bonchev–Trinajstić information content (AvgIpc) is 3.32. The van der Waals surface area contributed by atoms with Crippen LogP contribution in [0.4, 0.5) is 0 Å². The molecule has 6 heteroatoms. The van der Waals surface area contributed by atoms with Gasteiger partial charge in [-0.3, -0.25) is 0 Å². The molecule has 78 heavy (non-hydrogen) atoms. The molecule has 0 aliphatic heterocycles. The summed E-state index contributed by atoms with van der Waals surface area (Å²) in [4.78, 5) is 0. The second kappa shape index (κ2) is 22.0. The zero-order chi connectivity index (χ0) is 57.8. The molecule has 6 nitrogen and oxygen atoms in total. The van der Waals surface area contributed by atoms with Gasteiger partial charge in [-0.05, 0) is 145 Å². The largest absolute Gasteiger partial charge is 0.507 e. The van der Waals surface area contributed by atoms with Crippen molar-refractivity contribution in [2.75, 3.05) is 13.2 Å². The van der Waals surface area contributed by atoms with Crippen LogP contribution >= 0.6 is 0 Å². The van der Waals surface area contributed by atoms with Crippen molar-refractivity contribution in [2.24, 2.45) is 0 Å². The van der Waals surface area contributed by atoms with Gasteiger partial charge in [-0.15, -0.1) is 0 Å². The van der Waals surface area contributed by atoms with E-state index in [4.69, 9.17) is 9.47 Å². The van der Waals surface area contributed by atoms with Crippen LogP contribution in [-0.2, 0) is 71.0 Å². The standard InChI is InChI=1S/C72H96O6/c1-21-23-77-65-51-27-47-35-55(67(3,4)5)31-43(61(47)73)25-45-33-57(69(9,10)11)37-49(63(45)75)29-53-41-60(72(18,19)20)42-54(66(53)78-24-22-2)30-50-38-58(70(12,13)14)34-46(64(50)76)26-44-32-56(68(6,7)8)36-48(62(44)74)28-52(65)40-59(39-51)71(15,16)17/h31-42,73-76H,21-30H2,1-20H3. The highest BCUT2D eigenvalue weighted by Crippen LogP contribution is 2.45. The Morgan fingerprint density at radius 3 is 0.551 bits per heavy atom. The molecule has 0 saturated heterocycles. The Bertz CT molecular complexity index is 2780. The molecule has 0 atom stereocenters. The first kappa shape index (κ1) is 59.8. The van der Waals surface area contributed by atoms with Gasteiger partial charge in [0.05, 0.1) is 13.2 Å². The van der Waals surface area contributed by atoms with Gasteiger partial charge in [-0.1, -0.05) is 211 Å². The highest BCUT2D eigenvalue weighted by Gasteiger charge is 2.30. The number of benzene rings is 6. The van der Waals surface area contributed by atoms with Gasteiger partial charge in [0.15, 0.2) is 0 Å². The molecule has 0 radical (unpaired) electrons. The van der Waals surface area contributed by atoms with Crippen molar-refractivity contribution in [2.45, 2.75) is 222 Å². The molecular weight excluding hydrogens is 961 g/mol. The number of fused-ring (bicyclic) bond motifs is 12. The third kappa shape index (κ3) is 13.4. The fraction of sp³-hybridized carbons (Fsp3) is 0.500. The molecule has 6 aromatic carbocycles. The molecule has 6 aromatic rings. The monoisotopic (exact) mass is 1060 g/mol. The molecule has 0 amide bonds. The lowest BCUT2D eigenvalue weighted by Crippen LogP contribution is -2.16. The van der Waals surface area contributed by atoms with E-state index in [2.05, 4.69) is 211 Å². The van der Waals surface area contributed by atoms with E-state index in [0.717, 1.165) is 124 Å². The molecule has 420 valence electrons. The summed E-state index contributed by atoms with van der Waals surface area (Å²) in [5, 5.41) is 51.1. The predicted octanol–water partition coefficient (Wildman–Crippen LogP) is 17.7. The minimum Gasteiger partial charge on any atom is -0.507 e. The van der Waals surface area contributed by atoms with E-state index in [0.29, 0.717) is 51.7 Å². The molecule has 7 rings (SSSR count). The third-order valence-corrected chi connectivity index (χ3v) is 15.9. The van der Waals surface area contributed by atoms with Crippen LogP contribution in [0.2, 0.25) is 0 Å². The maximum atomic E-state index is 12.8. The van der Waals surface area contributed by atoms with Crippen LogP contribution in [-0.4, -0.2) is 33.6 Å². The number of phenolic OH excluding ortho intramolecular Hbond substituents is 4. The summed E-state index contributed by atoms with van der Waals surface area (Å²) in [7, 11) is 0. The van der Waals surface area contributed by atoms with Gasteiger partial charge >= 0.3 is 0 Å². The molecule has 0 heterocycles. The van der Waals surface area contributed by atoms with E-state index < -0.39 is 0 Å². The number of ether oxygens (including phenoxy) is 2. The lowest BCUT2D eigenvalue weighted by atomic mass is 9.79. The number of phenols is 4. The molecule has 4 N–H and O–H groups in total. The number of rotatable bonds is 6. The van der Waals surface area contributed by atoms with Crippen molar-refractivity contribution in [3.63, 3.8) is 0 Å². The van der Waals surface area contributed by atoms with E-state index in [-0.39, 0.29) is 55.5 Å². The van der Waals surface area contributed by atoms with Crippen molar-refractivity contribution < 1.29 is 29.9 Å². The SMILES string of the molecule is CCCOc1c2cc(C(C)(C)C)cc1Cc1cc(C(C)(C)C)cc(c1O)Cc1cc(C(C)(C)C)cc(c1O)Cc1cc(C(C)(C)C)cc(c1OCCC)Cc1cc(C(C)(C)C)cc(c1O)Cc1cc(C(C)(C)C)cc(c1O)C2. The van der Waals surface area contributed by atoms with Crippen LogP contribution in [0.15, 0.2) is 72.8 Å². The number of hydrogen-bond acceptors (Lipinski definition) is 6. The highest BCUT2D eigenvalue weighted by atomic mass is 16.5. The zero-order valence-electron chi connectivity index (χ0n) is 51.6. The van der Waals surface area contributed by atoms with Crippen LogP contribution < -0.4 is 9.47 Å². The van der Waals surface area contributed by atoms with Crippen LogP contribution in [0.25, 0.3) is 0 Å². The Morgan fingerprint density at radius 1 is 0.269 bits per heavy atom. The van der Waals surface area contributed by atoms with Crippen LogP contribution in [0.5, 0.6) is 34.5 Å². The molecule has 0 saturated carbocycles. The molecule has 1 aliphatic rings. The maximum Gasteiger partial charge on any atom is 0.126 e. The van der Waals surface area contributed by atoms with Crippen molar-refractivity contribution in [3.8, 4) is 34.5 Å². The summed E-state index contributed by atoms with van der Waals surface area (Å²) < 4.78 is 13.8. The molecular formula is C72H96O6. The van der Waals surface area contributed by atoms with E-state index in [1.165, 1.54) is 0 Å². The van der Waals surface area contributed by atoms with Gasteiger partial charge in [0.1, 0.15) is 34.5 Å². The van der Waals surface area contributed by atoms with Gasteiger partial charge in [-0.25, -0.2) is 0 Å². The minimum absolute atomic E-state index is 0.211. The van der Waals surface area contributed by atoms with Gasteiger partial charge in [0.2, 0.25) is 0 Å². The molecule has 0 aromatic heterocycles. The Morgan fingerprint density at radius 2 is 0.410 bits per heavy atom. The molecule has 12 bridgehead atoms. The van der Waals surface area contributed by atoms with Gasteiger partial charge in [0.25, 0.3) is 0 Å². The summed E-state index contributed by atoms with van der Waals surface area (Å²) in [6.07, 6.45) is 3.82. The summed E-state index contributed by atoms with van der Waals surface area (Å²) in [6.45, 7) is 45.1.